The molecular formula is C11H9N3O. The fourth-order valence-corrected chi connectivity index (χ4v) is 1.15. The molecule has 74 valence electrons. The van der Waals surface area contributed by atoms with Crippen molar-refractivity contribution in [1.29, 1.82) is 0 Å². The van der Waals surface area contributed by atoms with E-state index in [1.165, 1.54) is 6.33 Å². The molecule has 0 saturated carbocycles. The Balaban J connectivity index is 2.24. The van der Waals surface area contributed by atoms with Gasteiger partial charge in [-0.3, -0.25) is 0 Å². The first-order chi connectivity index (χ1) is 7.40. The summed E-state index contributed by atoms with van der Waals surface area (Å²) in [6, 6.07) is 5.44. The van der Waals surface area contributed by atoms with Crippen LogP contribution in [0.4, 0.5) is 5.82 Å². The highest BCUT2D eigenvalue weighted by Crippen LogP contribution is 2.18. The van der Waals surface area contributed by atoms with E-state index in [-0.39, 0.29) is 0 Å². The zero-order chi connectivity index (χ0) is 10.5. The van der Waals surface area contributed by atoms with Gasteiger partial charge in [-0.15, -0.1) is 6.42 Å². The molecule has 0 aliphatic heterocycles. The predicted octanol–water partition coefficient (Wildman–Crippen LogP) is 1.78. The second-order valence-corrected chi connectivity index (χ2v) is 2.82. The number of nitrogens with zero attached hydrogens (tertiary/aromatic N) is 2. The number of aromatic nitrogens is 2. The number of anilines is 1. The molecule has 0 aliphatic rings. The summed E-state index contributed by atoms with van der Waals surface area (Å²) in [5, 5.41) is 2.97. The van der Waals surface area contributed by atoms with Gasteiger partial charge in [0.2, 0.25) is 0 Å². The Morgan fingerprint density at radius 1 is 1.47 bits per heavy atom. The molecule has 2 rings (SSSR count). The zero-order valence-electron chi connectivity index (χ0n) is 7.97. The van der Waals surface area contributed by atoms with E-state index >= 15 is 0 Å². The SMILES string of the molecule is C#CCNc1cc(-c2ccco2)ncn1. The van der Waals surface area contributed by atoms with Crippen LogP contribution in [0.1, 0.15) is 0 Å². The molecule has 0 aromatic carbocycles. The number of hydrogen-bond donors (Lipinski definition) is 1. The van der Waals surface area contributed by atoms with Crippen molar-refractivity contribution in [1.82, 2.24) is 9.97 Å². The quantitative estimate of drug-likeness (QED) is 0.765. The molecule has 2 aromatic heterocycles. The van der Waals surface area contributed by atoms with Gasteiger partial charge in [-0.25, -0.2) is 9.97 Å². The molecule has 0 spiro atoms. The van der Waals surface area contributed by atoms with Crippen LogP contribution < -0.4 is 5.32 Å². The molecule has 0 aliphatic carbocycles. The van der Waals surface area contributed by atoms with Crippen molar-refractivity contribution >= 4 is 5.82 Å². The highest BCUT2D eigenvalue weighted by Gasteiger charge is 2.03. The lowest BCUT2D eigenvalue weighted by atomic mass is 10.3. The van der Waals surface area contributed by atoms with Crippen molar-refractivity contribution in [3.63, 3.8) is 0 Å². The van der Waals surface area contributed by atoms with Gasteiger partial charge in [0.05, 0.1) is 12.8 Å². The second-order valence-electron chi connectivity index (χ2n) is 2.82. The van der Waals surface area contributed by atoms with Crippen LogP contribution in [-0.4, -0.2) is 16.5 Å². The van der Waals surface area contributed by atoms with Crippen LogP contribution in [0.5, 0.6) is 0 Å². The van der Waals surface area contributed by atoms with Crippen molar-refractivity contribution in [2.24, 2.45) is 0 Å². The minimum Gasteiger partial charge on any atom is -0.463 e. The van der Waals surface area contributed by atoms with Crippen molar-refractivity contribution < 1.29 is 4.42 Å². The summed E-state index contributed by atoms with van der Waals surface area (Å²) in [4.78, 5) is 8.12. The minimum absolute atomic E-state index is 0.439. The van der Waals surface area contributed by atoms with Crippen LogP contribution in [0.25, 0.3) is 11.5 Å². The number of rotatable bonds is 3. The lowest BCUT2D eigenvalue weighted by Gasteiger charge is -2.01. The fraction of sp³-hybridized carbons (Fsp3) is 0.0909. The standard InChI is InChI=1S/C11H9N3O/c1-2-5-12-11-7-9(13-8-14-11)10-4-3-6-15-10/h1,3-4,6-8H,5H2,(H,12,13,14). The largest absolute Gasteiger partial charge is 0.463 e. The Morgan fingerprint density at radius 2 is 2.40 bits per heavy atom. The fourth-order valence-electron chi connectivity index (χ4n) is 1.15. The Labute approximate surface area is 87.4 Å². The number of nitrogens with one attached hydrogen (secondary N) is 1. The molecule has 15 heavy (non-hydrogen) atoms. The Morgan fingerprint density at radius 3 is 3.13 bits per heavy atom. The van der Waals surface area contributed by atoms with Crippen LogP contribution in [-0.2, 0) is 0 Å². The van der Waals surface area contributed by atoms with Crippen molar-refractivity contribution in [2.75, 3.05) is 11.9 Å². The molecule has 2 aromatic rings. The highest BCUT2D eigenvalue weighted by atomic mass is 16.3. The molecule has 2 heterocycles. The van der Waals surface area contributed by atoms with Gasteiger partial charge >= 0.3 is 0 Å². The van der Waals surface area contributed by atoms with Gasteiger partial charge in [0.25, 0.3) is 0 Å². The van der Waals surface area contributed by atoms with E-state index in [4.69, 9.17) is 10.8 Å². The van der Waals surface area contributed by atoms with E-state index < -0.39 is 0 Å². The average molecular weight is 199 g/mol. The topological polar surface area (TPSA) is 51.0 Å². The minimum atomic E-state index is 0.439. The molecule has 1 N–H and O–H groups in total. The third kappa shape index (κ3) is 2.15. The van der Waals surface area contributed by atoms with E-state index in [0.29, 0.717) is 18.1 Å². The van der Waals surface area contributed by atoms with E-state index in [1.807, 2.05) is 12.1 Å². The molecule has 0 radical (unpaired) electrons. The van der Waals surface area contributed by atoms with Gasteiger partial charge in [0.15, 0.2) is 5.76 Å². The van der Waals surface area contributed by atoms with Gasteiger partial charge in [-0.2, -0.15) is 0 Å². The molecule has 0 bridgehead atoms. The summed E-state index contributed by atoms with van der Waals surface area (Å²) in [5.74, 6) is 3.87. The summed E-state index contributed by atoms with van der Waals surface area (Å²) in [6.07, 6.45) is 8.21. The second kappa shape index (κ2) is 4.29. The van der Waals surface area contributed by atoms with Crippen LogP contribution in [0.15, 0.2) is 35.2 Å². The molecule has 0 fully saturated rings. The maximum absolute atomic E-state index is 5.22. The lowest BCUT2D eigenvalue weighted by molar-refractivity contribution is 0.580. The molecule has 0 atom stereocenters. The molecule has 0 unspecified atom stereocenters. The summed E-state index contributed by atoms with van der Waals surface area (Å²) in [6.45, 7) is 0.439. The maximum atomic E-state index is 5.22. The van der Waals surface area contributed by atoms with Crippen molar-refractivity contribution in [3.05, 3.63) is 30.8 Å². The number of hydrogen-bond acceptors (Lipinski definition) is 4. The smallest absolute Gasteiger partial charge is 0.152 e. The van der Waals surface area contributed by atoms with Crippen LogP contribution >= 0.6 is 0 Å². The molecule has 4 heteroatoms. The number of furan rings is 1. The first-order valence-corrected chi connectivity index (χ1v) is 4.43. The summed E-state index contributed by atoms with van der Waals surface area (Å²) in [7, 11) is 0. The molecule has 0 amide bonds. The summed E-state index contributed by atoms with van der Waals surface area (Å²) in [5.41, 5.74) is 0.731. The summed E-state index contributed by atoms with van der Waals surface area (Å²) < 4.78 is 5.22. The Kier molecular flexibility index (Phi) is 2.65. The van der Waals surface area contributed by atoms with E-state index in [2.05, 4.69) is 21.2 Å². The molecule has 0 saturated heterocycles. The van der Waals surface area contributed by atoms with E-state index in [0.717, 1.165) is 5.69 Å². The third-order valence-corrected chi connectivity index (χ3v) is 1.81. The normalized spacial score (nSPS) is 9.53. The monoisotopic (exact) mass is 199 g/mol. The first-order valence-electron chi connectivity index (χ1n) is 4.43. The van der Waals surface area contributed by atoms with Crippen molar-refractivity contribution in [3.8, 4) is 23.8 Å². The number of terminal acetylenes is 1. The van der Waals surface area contributed by atoms with Crippen LogP contribution in [0, 0.1) is 12.3 Å². The Hall–Kier alpha value is -2.28. The van der Waals surface area contributed by atoms with Gasteiger partial charge in [0, 0.05) is 6.07 Å². The Bertz CT molecular complexity index is 471. The van der Waals surface area contributed by atoms with Gasteiger partial charge in [0.1, 0.15) is 17.8 Å². The van der Waals surface area contributed by atoms with Crippen LogP contribution in [0.3, 0.4) is 0 Å². The van der Waals surface area contributed by atoms with Crippen LogP contribution in [0.2, 0.25) is 0 Å². The summed E-state index contributed by atoms with van der Waals surface area (Å²) >= 11 is 0. The predicted molar refractivity (Wildman–Crippen MR) is 57.1 cm³/mol. The highest BCUT2D eigenvalue weighted by molar-refractivity contribution is 5.56. The van der Waals surface area contributed by atoms with Gasteiger partial charge < -0.3 is 9.73 Å². The van der Waals surface area contributed by atoms with E-state index in [9.17, 15) is 0 Å². The molecule has 4 nitrogen and oxygen atoms in total. The third-order valence-electron chi connectivity index (χ3n) is 1.81. The van der Waals surface area contributed by atoms with Gasteiger partial charge in [-0.05, 0) is 12.1 Å². The maximum Gasteiger partial charge on any atom is 0.152 e. The first kappa shape index (κ1) is 9.28. The average Bonchev–Trinajstić information content (AvgIpc) is 2.80. The van der Waals surface area contributed by atoms with Gasteiger partial charge in [-0.1, -0.05) is 5.92 Å². The van der Waals surface area contributed by atoms with Crippen molar-refractivity contribution in [2.45, 2.75) is 0 Å². The molecular weight excluding hydrogens is 190 g/mol. The van der Waals surface area contributed by atoms with E-state index in [1.54, 1.807) is 12.3 Å². The lowest BCUT2D eigenvalue weighted by Crippen LogP contribution is -2.01. The zero-order valence-corrected chi connectivity index (χ0v) is 7.97.